The minimum Gasteiger partial charge on any atom is -0.383 e. The molecule has 0 unspecified atom stereocenters. The molecular formula is C8H11BrN2O. The van der Waals surface area contributed by atoms with Crippen LogP contribution < -0.4 is 5.73 Å². The average molecular weight is 231 g/mol. The topological polar surface area (TPSA) is 48.1 Å². The summed E-state index contributed by atoms with van der Waals surface area (Å²) in [5.74, 6) is 0. The third kappa shape index (κ3) is 2.55. The van der Waals surface area contributed by atoms with Gasteiger partial charge in [-0.05, 0) is 28.1 Å². The molecule has 0 spiro atoms. The van der Waals surface area contributed by atoms with Crippen LogP contribution in [0.15, 0.2) is 22.8 Å². The number of aromatic nitrogens is 1. The van der Waals surface area contributed by atoms with Crippen molar-refractivity contribution in [2.75, 3.05) is 13.7 Å². The molecule has 3 nitrogen and oxygen atoms in total. The number of pyridine rings is 1. The highest BCUT2D eigenvalue weighted by Gasteiger charge is 2.05. The summed E-state index contributed by atoms with van der Waals surface area (Å²) < 4.78 is 5.87. The molecule has 0 radical (unpaired) electrons. The predicted molar refractivity (Wildman–Crippen MR) is 50.7 cm³/mol. The van der Waals surface area contributed by atoms with Crippen molar-refractivity contribution in [2.24, 2.45) is 5.73 Å². The van der Waals surface area contributed by atoms with Gasteiger partial charge in [-0.2, -0.15) is 0 Å². The van der Waals surface area contributed by atoms with E-state index >= 15 is 0 Å². The second-order valence-electron chi connectivity index (χ2n) is 2.46. The van der Waals surface area contributed by atoms with Crippen molar-refractivity contribution in [3.8, 4) is 0 Å². The monoisotopic (exact) mass is 230 g/mol. The van der Waals surface area contributed by atoms with Gasteiger partial charge in [-0.1, -0.05) is 0 Å². The van der Waals surface area contributed by atoms with E-state index in [0.29, 0.717) is 6.61 Å². The van der Waals surface area contributed by atoms with E-state index in [2.05, 4.69) is 20.9 Å². The van der Waals surface area contributed by atoms with E-state index in [1.807, 2.05) is 12.1 Å². The van der Waals surface area contributed by atoms with Crippen LogP contribution in [-0.4, -0.2) is 18.7 Å². The molecule has 4 heteroatoms. The summed E-state index contributed by atoms with van der Waals surface area (Å²) in [4.78, 5) is 4.14. The molecule has 0 fully saturated rings. The van der Waals surface area contributed by atoms with Crippen LogP contribution in [-0.2, 0) is 4.74 Å². The Morgan fingerprint density at radius 3 is 2.92 bits per heavy atom. The van der Waals surface area contributed by atoms with E-state index in [0.717, 1.165) is 10.2 Å². The van der Waals surface area contributed by atoms with E-state index in [1.54, 1.807) is 13.3 Å². The maximum absolute atomic E-state index is 5.75. The average Bonchev–Trinajstić information content (AvgIpc) is 2.06. The molecule has 2 N–H and O–H groups in total. The van der Waals surface area contributed by atoms with Gasteiger partial charge in [-0.25, -0.2) is 0 Å². The molecule has 0 aliphatic rings. The molecule has 0 bridgehead atoms. The Morgan fingerprint density at radius 1 is 1.67 bits per heavy atom. The Labute approximate surface area is 80.1 Å². The molecule has 66 valence electrons. The van der Waals surface area contributed by atoms with Crippen LogP contribution in [0, 0.1) is 0 Å². The summed E-state index contributed by atoms with van der Waals surface area (Å²) >= 11 is 3.30. The van der Waals surface area contributed by atoms with Gasteiger partial charge >= 0.3 is 0 Å². The van der Waals surface area contributed by atoms with Crippen molar-refractivity contribution in [3.63, 3.8) is 0 Å². The van der Waals surface area contributed by atoms with Crippen LogP contribution in [0.3, 0.4) is 0 Å². The van der Waals surface area contributed by atoms with Gasteiger partial charge < -0.3 is 10.5 Å². The maximum Gasteiger partial charge on any atom is 0.0707 e. The predicted octanol–water partition coefficient (Wildman–Crippen LogP) is 1.49. The molecule has 0 aliphatic carbocycles. The van der Waals surface area contributed by atoms with E-state index in [1.165, 1.54) is 0 Å². The number of rotatable bonds is 3. The van der Waals surface area contributed by atoms with Crippen LogP contribution in [0.5, 0.6) is 0 Å². The van der Waals surface area contributed by atoms with Gasteiger partial charge in [0.1, 0.15) is 0 Å². The molecule has 1 aromatic rings. The van der Waals surface area contributed by atoms with E-state index in [-0.39, 0.29) is 6.04 Å². The summed E-state index contributed by atoms with van der Waals surface area (Å²) in [5, 5.41) is 0. The standard InChI is InChI=1S/C8H11BrN2O/c1-12-5-7(10)8-3-2-6(9)4-11-8/h2-4,7H,5,10H2,1H3/t7-/m0/s1. The maximum atomic E-state index is 5.75. The van der Waals surface area contributed by atoms with Gasteiger partial charge in [0.2, 0.25) is 0 Å². The molecule has 1 rings (SSSR count). The van der Waals surface area contributed by atoms with E-state index in [9.17, 15) is 0 Å². The molecule has 1 aromatic heterocycles. The Morgan fingerprint density at radius 2 is 2.42 bits per heavy atom. The molecule has 0 aliphatic heterocycles. The van der Waals surface area contributed by atoms with Crippen molar-refractivity contribution in [2.45, 2.75) is 6.04 Å². The SMILES string of the molecule is COC[C@H](N)c1ccc(Br)cn1. The zero-order valence-electron chi connectivity index (χ0n) is 6.83. The van der Waals surface area contributed by atoms with E-state index < -0.39 is 0 Å². The van der Waals surface area contributed by atoms with Crippen molar-refractivity contribution in [1.82, 2.24) is 4.98 Å². The first-order valence-electron chi connectivity index (χ1n) is 3.60. The van der Waals surface area contributed by atoms with Crippen molar-refractivity contribution >= 4 is 15.9 Å². The smallest absolute Gasteiger partial charge is 0.0707 e. The van der Waals surface area contributed by atoms with Crippen molar-refractivity contribution in [1.29, 1.82) is 0 Å². The highest BCUT2D eigenvalue weighted by Crippen LogP contribution is 2.11. The van der Waals surface area contributed by atoms with Crippen LogP contribution >= 0.6 is 15.9 Å². The third-order valence-electron chi connectivity index (χ3n) is 1.48. The number of hydrogen-bond donors (Lipinski definition) is 1. The lowest BCUT2D eigenvalue weighted by molar-refractivity contribution is 0.179. The molecular weight excluding hydrogens is 220 g/mol. The molecule has 1 atom stereocenters. The summed E-state index contributed by atoms with van der Waals surface area (Å²) in [5.41, 5.74) is 6.60. The highest BCUT2D eigenvalue weighted by molar-refractivity contribution is 9.10. The van der Waals surface area contributed by atoms with Gasteiger partial charge in [0, 0.05) is 17.8 Å². The summed E-state index contributed by atoms with van der Waals surface area (Å²) in [6.45, 7) is 0.495. The molecule has 1 heterocycles. The normalized spacial score (nSPS) is 12.9. The number of methoxy groups -OCH3 is 1. The fourth-order valence-corrected chi connectivity index (χ4v) is 1.11. The third-order valence-corrected chi connectivity index (χ3v) is 1.95. The molecule has 0 aromatic carbocycles. The first-order valence-corrected chi connectivity index (χ1v) is 4.39. The highest BCUT2D eigenvalue weighted by atomic mass is 79.9. The Hall–Kier alpha value is -0.450. The number of nitrogens with zero attached hydrogens (tertiary/aromatic N) is 1. The van der Waals surface area contributed by atoms with Gasteiger partial charge in [-0.3, -0.25) is 4.98 Å². The second-order valence-corrected chi connectivity index (χ2v) is 3.38. The second kappa shape index (κ2) is 4.54. The zero-order valence-corrected chi connectivity index (χ0v) is 8.41. The van der Waals surface area contributed by atoms with E-state index in [4.69, 9.17) is 10.5 Å². The Bertz CT molecular complexity index is 237. The van der Waals surface area contributed by atoms with Crippen LogP contribution in [0.4, 0.5) is 0 Å². The number of hydrogen-bond acceptors (Lipinski definition) is 3. The fraction of sp³-hybridized carbons (Fsp3) is 0.375. The lowest BCUT2D eigenvalue weighted by Crippen LogP contribution is -2.17. The fourth-order valence-electron chi connectivity index (χ4n) is 0.872. The minimum atomic E-state index is -0.136. The summed E-state index contributed by atoms with van der Waals surface area (Å²) in [6, 6.07) is 3.66. The van der Waals surface area contributed by atoms with Crippen molar-refractivity contribution < 1.29 is 4.74 Å². The first-order chi connectivity index (χ1) is 5.74. The van der Waals surface area contributed by atoms with Gasteiger partial charge in [0.05, 0.1) is 18.3 Å². The lowest BCUT2D eigenvalue weighted by atomic mass is 10.2. The summed E-state index contributed by atoms with van der Waals surface area (Å²) in [7, 11) is 1.62. The molecule has 12 heavy (non-hydrogen) atoms. The Balaban J connectivity index is 2.68. The van der Waals surface area contributed by atoms with Crippen LogP contribution in [0.25, 0.3) is 0 Å². The van der Waals surface area contributed by atoms with Gasteiger partial charge in [0.25, 0.3) is 0 Å². The Kier molecular flexibility index (Phi) is 3.65. The minimum absolute atomic E-state index is 0.136. The molecule has 0 amide bonds. The first kappa shape index (κ1) is 9.64. The summed E-state index contributed by atoms with van der Waals surface area (Å²) in [6.07, 6.45) is 1.73. The number of ether oxygens (including phenoxy) is 1. The quantitative estimate of drug-likeness (QED) is 0.857. The van der Waals surface area contributed by atoms with Crippen LogP contribution in [0.2, 0.25) is 0 Å². The molecule has 0 saturated heterocycles. The largest absolute Gasteiger partial charge is 0.383 e. The number of nitrogens with two attached hydrogens (primary N) is 1. The van der Waals surface area contributed by atoms with Crippen LogP contribution in [0.1, 0.15) is 11.7 Å². The van der Waals surface area contributed by atoms with Gasteiger partial charge in [-0.15, -0.1) is 0 Å². The van der Waals surface area contributed by atoms with Gasteiger partial charge in [0.15, 0.2) is 0 Å². The zero-order chi connectivity index (χ0) is 8.97. The van der Waals surface area contributed by atoms with Crippen molar-refractivity contribution in [3.05, 3.63) is 28.5 Å². The molecule has 0 saturated carbocycles. The number of halogens is 1. The lowest BCUT2D eigenvalue weighted by Gasteiger charge is -2.08.